The van der Waals surface area contributed by atoms with Gasteiger partial charge in [-0.2, -0.15) is 0 Å². The molecule has 8 nitrogen and oxygen atoms in total. The number of carbonyl (C=O) groups excluding carboxylic acids is 3. The van der Waals surface area contributed by atoms with Crippen LogP contribution in [0.1, 0.15) is 40.0 Å². The highest BCUT2D eigenvalue weighted by molar-refractivity contribution is 8.02. The zero-order valence-corrected chi connectivity index (χ0v) is 24.5. The van der Waals surface area contributed by atoms with Crippen LogP contribution in [0.25, 0.3) is 0 Å². The van der Waals surface area contributed by atoms with E-state index in [1.54, 1.807) is 65.2 Å². The normalized spacial score (nSPS) is 28.2. The highest BCUT2D eigenvalue weighted by Crippen LogP contribution is 2.67. The van der Waals surface area contributed by atoms with Crippen LogP contribution in [0.5, 0.6) is 5.75 Å². The smallest absolute Gasteiger partial charge is 0.248 e. The second kappa shape index (κ2) is 11.6. The Labute approximate surface area is 244 Å². The Morgan fingerprint density at radius 1 is 1.15 bits per heavy atom. The van der Waals surface area contributed by atoms with Crippen LogP contribution in [0.4, 0.5) is 11.4 Å². The Morgan fingerprint density at radius 2 is 1.88 bits per heavy atom. The van der Waals surface area contributed by atoms with Crippen molar-refractivity contribution < 1.29 is 24.2 Å². The Kier molecular flexibility index (Phi) is 8.36. The van der Waals surface area contributed by atoms with Crippen molar-refractivity contribution in [2.75, 3.05) is 23.8 Å². The molecule has 5 rings (SSSR count). The summed E-state index contributed by atoms with van der Waals surface area (Å²) in [5.74, 6) is -1.39. The summed E-state index contributed by atoms with van der Waals surface area (Å²) >= 11 is 7.95. The topological polar surface area (TPSA) is 108 Å². The zero-order valence-electron chi connectivity index (χ0n) is 22.9. The number of amides is 3. The molecule has 0 saturated carbocycles. The van der Waals surface area contributed by atoms with E-state index >= 15 is 0 Å². The first-order valence-corrected chi connectivity index (χ1v) is 15.2. The van der Waals surface area contributed by atoms with E-state index in [0.29, 0.717) is 35.2 Å². The number of carbonyl (C=O) groups is 3. The minimum Gasteiger partial charge on any atom is -0.494 e. The number of rotatable bonds is 10. The first kappa shape index (κ1) is 28.8. The molecule has 2 bridgehead atoms. The van der Waals surface area contributed by atoms with Gasteiger partial charge in [-0.25, -0.2) is 0 Å². The molecule has 10 heteroatoms. The van der Waals surface area contributed by atoms with E-state index < -0.39 is 28.7 Å². The van der Waals surface area contributed by atoms with Crippen molar-refractivity contribution in [1.29, 1.82) is 0 Å². The zero-order chi connectivity index (χ0) is 28.6. The third-order valence-electron chi connectivity index (χ3n) is 8.70. The van der Waals surface area contributed by atoms with Crippen molar-refractivity contribution in [1.82, 2.24) is 4.90 Å². The van der Waals surface area contributed by atoms with Gasteiger partial charge in [0.25, 0.3) is 0 Å². The molecule has 3 N–H and O–H groups in total. The molecular formula is C30H36ClN3O5S. The molecule has 0 radical (unpaired) electrons. The van der Waals surface area contributed by atoms with Gasteiger partial charge in [0, 0.05) is 10.9 Å². The maximum Gasteiger partial charge on any atom is 0.248 e. The Morgan fingerprint density at radius 3 is 2.52 bits per heavy atom. The van der Waals surface area contributed by atoms with E-state index in [0.717, 1.165) is 12.8 Å². The molecule has 0 aromatic heterocycles. The molecule has 3 amide bonds. The second-order valence-electron chi connectivity index (χ2n) is 10.9. The second-order valence-corrected chi connectivity index (χ2v) is 12.9. The molecule has 2 aromatic carbocycles. The van der Waals surface area contributed by atoms with Gasteiger partial charge in [0.2, 0.25) is 17.7 Å². The predicted octanol–water partition coefficient (Wildman–Crippen LogP) is 4.81. The number of fused-ring (bicyclic) bond motifs is 1. The average molecular weight is 586 g/mol. The van der Waals surface area contributed by atoms with E-state index in [1.807, 2.05) is 20.8 Å². The third-order valence-corrected chi connectivity index (χ3v) is 11.0. The van der Waals surface area contributed by atoms with E-state index in [4.69, 9.17) is 16.3 Å². The van der Waals surface area contributed by atoms with Crippen molar-refractivity contribution in [2.45, 2.75) is 62.1 Å². The van der Waals surface area contributed by atoms with Gasteiger partial charge >= 0.3 is 0 Å². The number of aliphatic hydroxyl groups is 1. The monoisotopic (exact) mass is 585 g/mol. The summed E-state index contributed by atoms with van der Waals surface area (Å²) in [6.07, 6.45) is 2.09. The summed E-state index contributed by atoms with van der Waals surface area (Å²) in [5.41, 5.74) is 1.09. The lowest BCUT2D eigenvalue weighted by Gasteiger charge is -2.39. The Hall–Kier alpha value is -2.75. The van der Waals surface area contributed by atoms with Crippen LogP contribution in [-0.4, -0.2) is 63.0 Å². The van der Waals surface area contributed by atoms with Gasteiger partial charge in [-0.1, -0.05) is 44.0 Å². The SMILES string of the molecule is CCOc1ccc(NC(=O)[C@@H]2[C@H]3C(=O)N([C@@H](CO)[C@@H](C)CC)C(C(=O)Nc4ccccc4Cl)C34CC[C@H]2S4)cc1. The molecule has 3 heterocycles. The number of aliphatic hydroxyl groups excluding tert-OH is 1. The summed E-state index contributed by atoms with van der Waals surface area (Å²) in [5, 5.41) is 16.7. The number of likely N-dealkylation sites (tertiary alicyclic amines) is 1. The standard InChI is InChI=1S/C30H36ClN3O5S/c1-4-17(3)22(16-35)34-26(28(37)33-21-9-7-6-8-20(21)31)30-15-14-23(40-30)24(25(30)29(34)38)27(36)32-18-10-12-19(13-11-18)39-5-2/h6-13,17,22-26,35H,4-5,14-16H2,1-3H3,(H,32,36)(H,33,37)/t17-,22-,23+,24-,25-,26?,30?/m0/s1. The van der Waals surface area contributed by atoms with Crippen LogP contribution in [0.2, 0.25) is 5.02 Å². The number of nitrogens with one attached hydrogen (secondary N) is 2. The molecule has 214 valence electrons. The van der Waals surface area contributed by atoms with Gasteiger partial charge in [-0.05, 0) is 62.1 Å². The van der Waals surface area contributed by atoms with Crippen LogP contribution >= 0.6 is 23.4 Å². The van der Waals surface area contributed by atoms with Gasteiger partial charge in [0.15, 0.2) is 0 Å². The lowest BCUT2D eigenvalue weighted by molar-refractivity contribution is -0.142. The number of hydrogen-bond acceptors (Lipinski definition) is 6. The fraction of sp³-hybridized carbons (Fsp3) is 0.500. The summed E-state index contributed by atoms with van der Waals surface area (Å²) in [6.45, 7) is 6.16. The fourth-order valence-electron chi connectivity index (χ4n) is 6.65. The number of thioether (sulfide) groups is 1. The Balaban J connectivity index is 1.48. The van der Waals surface area contributed by atoms with Crippen molar-refractivity contribution in [3.8, 4) is 5.75 Å². The van der Waals surface area contributed by atoms with E-state index in [-0.39, 0.29) is 35.5 Å². The summed E-state index contributed by atoms with van der Waals surface area (Å²) in [7, 11) is 0. The first-order valence-electron chi connectivity index (χ1n) is 14.0. The van der Waals surface area contributed by atoms with Crippen LogP contribution in [0, 0.1) is 17.8 Å². The van der Waals surface area contributed by atoms with E-state index in [1.165, 1.54) is 0 Å². The molecule has 3 saturated heterocycles. The van der Waals surface area contributed by atoms with Crippen molar-refractivity contribution in [3.63, 3.8) is 0 Å². The quantitative estimate of drug-likeness (QED) is 0.369. The van der Waals surface area contributed by atoms with Gasteiger partial charge in [0.05, 0.1) is 46.5 Å². The number of nitrogens with zero attached hydrogens (tertiary/aromatic N) is 1. The highest BCUT2D eigenvalue weighted by atomic mass is 35.5. The minimum atomic E-state index is -0.842. The number of ether oxygens (including phenoxy) is 1. The van der Waals surface area contributed by atoms with Crippen LogP contribution in [0.15, 0.2) is 48.5 Å². The van der Waals surface area contributed by atoms with Gasteiger partial charge in [-0.15, -0.1) is 11.8 Å². The third kappa shape index (κ3) is 4.86. The maximum absolute atomic E-state index is 14.3. The lowest BCUT2D eigenvalue weighted by atomic mass is 9.70. The summed E-state index contributed by atoms with van der Waals surface area (Å²) < 4.78 is 4.73. The summed E-state index contributed by atoms with van der Waals surface area (Å²) in [6, 6.07) is 12.8. The minimum absolute atomic E-state index is 0.0434. The van der Waals surface area contributed by atoms with E-state index in [9.17, 15) is 19.5 Å². The number of anilines is 2. The molecule has 3 aliphatic heterocycles. The number of hydrogen-bond donors (Lipinski definition) is 3. The molecule has 2 aromatic rings. The Bertz CT molecular complexity index is 1280. The van der Waals surface area contributed by atoms with Crippen LogP contribution < -0.4 is 15.4 Å². The maximum atomic E-state index is 14.3. The van der Waals surface area contributed by atoms with Crippen molar-refractivity contribution >= 4 is 52.5 Å². The lowest BCUT2D eigenvalue weighted by Crippen LogP contribution is -2.56. The molecule has 0 aliphatic carbocycles. The van der Waals surface area contributed by atoms with Gasteiger partial charge < -0.3 is 25.4 Å². The average Bonchev–Trinajstić information content (AvgIpc) is 3.59. The molecule has 40 heavy (non-hydrogen) atoms. The molecule has 2 unspecified atom stereocenters. The summed E-state index contributed by atoms with van der Waals surface area (Å²) in [4.78, 5) is 43.7. The largest absolute Gasteiger partial charge is 0.494 e. The molecule has 3 fully saturated rings. The van der Waals surface area contributed by atoms with Gasteiger partial charge in [-0.3, -0.25) is 14.4 Å². The van der Waals surface area contributed by atoms with Crippen LogP contribution in [0.3, 0.4) is 0 Å². The molecule has 7 atom stereocenters. The van der Waals surface area contributed by atoms with Crippen molar-refractivity contribution in [3.05, 3.63) is 53.6 Å². The first-order chi connectivity index (χ1) is 19.2. The number of halogens is 1. The number of para-hydroxylation sites is 1. The molecular weight excluding hydrogens is 550 g/mol. The van der Waals surface area contributed by atoms with Gasteiger partial charge in [0.1, 0.15) is 11.8 Å². The number of benzene rings is 2. The fourth-order valence-corrected chi connectivity index (χ4v) is 9.04. The van der Waals surface area contributed by atoms with Crippen LogP contribution in [-0.2, 0) is 14.4 Å². The predicted molar refractivity (Wildman–Crippen MR) is 158 cm³/mol. The van der Waals surface area contributed by atoms with E-state index in [2.05, 4.69) is 10.6 Å². The molecule has 3 aliphatic rings. The van der Waals surface area contributed by atoms with Crippen molar-refractivity contribution in [2.24, 2.45) is 17.8 Å². The molecule has 1 spiro atoms. The highest BCUT2D eigenvalue weighted by Gasteiger charge is 2.74.